The second kappa shape index (κ2) is 6.30. The van der Waals surface area contributed by atoms with Crippen LogP contribution in [0.5, 0.6) is 0 Å². The van der Waals surface area contributed by atoms with Gasteiger partial charge in [-0.15, -0.1) is 11.3 Å². The summed E-state index contributed by atoms with van der Waals surface area (Å²) in [5, 5.41) is 14.0. The van der Waals surface area contributed by atoms with Crippen molar-refractivity contribution in [2.45, 2.75) is 23.7 Å². The third-order valence-corrected chi connectivity index (χ3v) is 5.02. The molecule has 1 unspecified atom stereocenters. The van der Waals surface area contributed by atoms with E-state index >= 15 is 0 Å². The maximum absolute atomic E-state index is 11.6. The molecule has 5 nitrogen and oxygen atoms in total. The molecule has 0 aliphatic carbocycles. The highest BCUT2D eigenvalue weighted by molar-refractivity contribution is 8.02. The highest BCUT2D eigenvalue weighted by atomic mass is 32.2. The standard InChI is InChI=1S/C15H13N3O2S2/c1-9-5-10-6-12(18-22-13-3-2-4-21-13)7-11(8-16)14(10)17-15(19)20-9/h2-4,6-7,9,18H,5H2,1H3,(H,17,19). The Hall–Kier alpha value is -2.17. The predicted octanol–water partition coefficient (Wildman–Crippen LogP) is 4.23. The van der Waals surface area contributed by atoms with Crippen molar-refractivity contribution in [1.29, 1.82) is 5.26 Å². The van der Waals surface area contributed by atoms with Gasteiger partial charge in [-0.3, -0.25) is 5.32 Å². The Balaban J connectivity index is 1.90. The third kappa shape index (κ3) is 3.18. The minimum absolute atomic E-state index is 0.229. The molecule has 112 valence electrons. The number of hydrogen-bond acceptors (Lipinski definition) is 6. The van der Waals surface area contributed by atoms with Crippen molar-refractivity contribution in [2.75, 3.05) is 10.0 Å². The summed E-state index contributed by atoms with van der Waals surface area (Å²) in [6, 6.07) is 9.82. The Bertz CT molecular complexity index is 738. The zero-order valence-corrected chi connectivity index (χ0v) is 13.4. The topological polar surface area (TPSA) is 74.2 Å². The molecule has 1 aromatic heterocycles. The maximum atomic E-state index is 11.6. The fourth-order valence-electron chi connectivity index (χ4n) is 2.25. The largest absolute Gasteiger partial charge is 0.446 e. The molecule has 2 N–H and O–H groups in total. The van der Waals surface area contributed by atoms with Crippen LogP contribution in [0.1, 0.15) is 18.1 Å². The van der Waals surface area contributed by atoms with E-state index in [0.717, 1.165) is 15.5 Å². The van der Waals surface area contributed by atoms with E-state index in [2.05, 4.69) is 16.1 Å². The van der Waals surface area contributed by atoms with Crippen molar-refractivity contribution in [3.05, 3.63) is 40.8 Å². The predicted molar refractivity (Wildman–Crippen MR) is 88.2 cm³/mol. The Morgan fingerprint density at radius 3 is 3.14 bits per heavy atom. The van der Waals surface area contributed by atoms with E-state index < -0.39 is 6.09 Å². The van der Waals surface area contributed by atoms with Gasteiger partial charge < -0.3 is 9.46 Å². The lowest BCUT2D eigenvalue weighted by Crippen LogP contribution is -2.17. The van der Waals surface area contributed by atoms with Crippen molar-refractivity contribution in [2.24, 2.45) is 0 Å². The molecule has 0 fully saturated rings. The van der Waals surface area contributed by atoms with Crippen LogP contribution >= 0.6 is 23.3 Å². The van der Waals surface area contributed by atoms with E-state index in [1.807, 2.05) is 30.5 Å². The number of rotatable bonds is 3. The Kier molecular flexibility index (Phi) is 4.22. The summed E-state index contributed by atoms with van der Waals surface area (Å²) < 4.78 is 9.55. The minimum atomic E-state index is -0.517. The number of carbonyl (C=O) groups excluding carboxylic acids is 1. The molecule has 0 radical (unpaired) electrons. The molecule has 22 heavy (non-hydrogen) atoms. The molecule has 0 saturated heterocycles. The number of amides is 1. The van der Waals surface area contributed by atoms with Gasteiger partial charge >= 0.3 is 6.09 Å². The van der Waals surface area contributed by atoms with Gasteiger partial charge in [0.25, 0.3) is 0 Å². The first-order valence-corrected chi connectivity index (χ1v) is 8.36. The van der Waals surface area contributed by atoms with Crippen molar-refractivity contribution in [3.8, 4) is 6.07 Å². The lowest BCUT2D eigenvalue weighted by molar-refractivity contribution is 0.123. The quantitative estimate of drug-likeness (QED) is 0.823. The third-order valence-electron chi connectivity index (χ3n) is 3.15. The van der Waals surface area contributed by atoms with Gasteiger partial charge in [-0.1, -0.05) is 6.07 Å². The molecular formula is C15H13N3O2S2. The van der Waals surface area contributed by atoms with Crippen molar-refractivity contribution < 1.29 is 9.53 Å². The molecule has 2 heterocycles. The van der Waals surface area contributed by atoms with Crippen LogP contribution in [0.3, 0.4) is 0 Å². The number of fused-ring (bicyclic) bond motifs is 1. The van der Waals surface area contributed by atoms with Crippen LogP contribution in [-0.4, -0.2) is 12.2 Å². The molecule has 1 aliphatic rings. The van der Waals surface area contributed by atoms with Crippen LogP contribution < -0.4 is 10.0 Å². The first kappa shape index (κ1) is 14.8. The number of nitrogens with zero attached hydrogens (tertiary/aromatic N) is 1. The van der Waals surface area contributed by atoms with Gasteiger partial charge in [0.1, 0.15) is 12.2 Å². The fourth-order valence-corrected chi connectivity index (χ4v) is 3.67. The molecule has 0 bridgehead atoms. The van der Waals surface area contributed by atoms with Gasteiger partial charge in [0.15, 0.2) is 0 Å². The number of nitriles is 1. The summed E-state index contributed by atoms with van der Waals surface area (Å²) in [5.74, 6) is 0. The molecule has 0 spiro atoms. The molecule has 1 aromatic carbocycles. The highest BCUT2D eigenvalue weighted by Gasteiger charge is 2.22. The van der Waals surface area contributed by atoms with Crippen molar-refractivity contribution >= 4 is 40.8 Å². The SMILES string of the molecule is CC1Cc2cc(NSc3cccs3)cc(C#N)c2NC(=O)O1. The number of benzene rings is 1. The first-order valence-electron chi connectivity index (χ1n) is 6.66. The number of cyclic esters (lactones) is 1. The van der Waals surface area contributed by atoms with Crippen LogP contribution in [0.2, 0.25) is 0 Å². The van der Waals surface area contributed by atoms with Gasteiger partial charge in [0, 0.05) is 12.1 Å². The minimum Gasteiger partial charge on any atom is -0.446 e. The molecule has 7 heteroatoms. The number of thiophene rings is 1. The maximum Gasteiger partial charge on any atom is 0.411 e. The van der Waals surface area contributed by atoms with Crippen LogP contribution in [0.4, 0.5) is 16.2 Å². The summed E-state index contributed by atoms with van der Waals surface area (Å²) >= 11 is 3.14. The lowest BCUT2D eigenvalue weighted by Gasteiger charge is -2.12. The first-order chi connectivity index (χ1) is 10.7. The van der Waals surface area contributed by atoms with Gasteiger partial charge in [0.2, 0.25) is 0 Å². The molecule has 1 aliphatic heterocycles. The summed E-state index contributed by atoms with van der Waals surface area (Å²) in [6.07, 6.45) is -0.175. The van der Waals surface area contributed by atoms with Crippen molar-refractivity contribution in [1.82, 2.24) is 0 Å². The number of anilines is 2. The number of hydrogen-bond donors (Lipinski definition) is 2. The van der Waals surface area contributed by atoms with Gasteiger partial charge in [-0.05, 0) is 48.0 Å². The molecule has 2 aromatic rings. The lowest BCUT2D eigenvalue weighted by atomic mass is 10.0. The van der Waals surface area contributed by atoms with Crippen LogP contribution in [0.25, 0.3) is 0 Å². The summed E-state index contributed by atoms with van der Waals surface area (Å²) in [4.78, 5) is 11.6. The number of nitrogens with one attached hydrogen (secondary N) is 2. The summed E-state index contributed by atoms with van der Waals surface area (Å²) in [6.45, 7) is 1.83. The second-order valence-corrected chi connectivity index (χ2v) is 6.91. The smallest absolute Gasteiger partial charge is 0.411 e. The molecular weight excluding hydrogens is 318 g/mol. The van der Waals surface area contributed by atoms with E-state index in [1.54, 1.807) is 17.4 Å². The molecule has 1 amide bonds. The Labute approximate surface area is 136 Å². The average molecular weight is 331 g/mol. The Morgan fingerprint density at radius 1 is 1.55 bits per heavy atom. The molecule has 3 rings (SSSR count). The van der Waals surface area contributed by atoms with Crippen LogP contribution in [0.15, 0.2) is 33.9 Å². The zero-order chi connectivity index (χ0) is 15.5. The number of carbonyl (C=O) groups is 1. The van der Waals surface area contributed by atoms with E-state index in [4.69, 9.17) is 4.74 Å². The zero-order valence-electron chi connectivity index (χ0n) is 11.8. The molecule has 0 saturated carbocycles. The van der Waals surface area contributed by atoms with Crippen LogP contribution in [-0.2, 0) is 11.2 Å². The van der Waals surface area contributed by atoms with E-state index in [1.165, 1.54) is 11.9 Å². The molecule has 1 atom stereocenters. The summed E-state index contributed by atoms with van der Waals surface area (Å²) in [5.41, 5.74) is 2.70. The second-order valence-electron chi connectivity index (χ2n) is 4.85. The van der Waals surface area contributed by atoms with E-state index in [9.17, 15) is 10.1 Å². The highest BCUT2D eigenvalue weighted by Crippen LogP contribution is 2.32. The monoisotopic (exact) mass is 331 g/mol. The van der Waals surface area contributed by atoms with E-state index in [0.29, 0.717) is 17.7 Å². The average Bonchev–Trinajstić information content (AvgIpc) is 2.95. The van der Waals surface area contributed by atoms with E-state index in [-0.39, 0.29) is 6.10 Å². The Morgan fingerprint density at radius 2 is 2.41 bits per heavy atom. The van der Waals surface area contributed by atoms with Gasteiger partial charge in [-0.25, -0.2) is 4.79 Å². The van der Waals surface area contributed by atoms with Crippen LogP contribution in [0, 0.1) is 11.3 Å². The normalized spacial score (nSPS) is 16.7. The van der Waals surface area contributed by atoms with Gasteiger partial charge in [-0.2, -0.15) is 5.26 Å². The summed E-state index contributed by atoms with van der Waals surface area (Å²) in [7, 11) is 0. The van der Waals surface area contributed by atoms with Crippen molar-refractivity contribution in [3.63, 3.8) is 0 Å². The number of ether oxygens (including phenoxy) is 1. The fraction of sp³-hybridized carbons (Fsp3) is 0.200. The van der Waals surface area contributed by atoms with Gasteiger partial charge in [0.05, 0.1) is 15.5 Å².